The first-order valence-electron chi connectivity index (χ1n) is 6.24. The van der Waals surface area contributed by atoms with E-state index in [-0.39, 0.29) is 12.2 Å². The molecule has 1 aromatic carbocycles. The molecule has 5 heteroatoms. The summed E-state index contributed by atoms with van der Waals surface area (Å²) < 4.78 is 16.8. The summed E-state index contributed by atoms with van der Waals surface area (Å²) in [6, 6.07) is 9.79. The summed E-state index contributed by atoms with van der Waals surface area (Å²) in [6.45, 7) is 1.13. The van der Waals surface area contributed by atoms with Crippen LogP contribution in [-0.4, -0.2) is 42.7 Å². The molecule has 1 N–H and O–H groups in total. The van der Waals surface area contributed by atoms with Gasteiger partial charge in [-0.25, -0.2) is 0 Å². The third kappa shape index (κ3) is 2.47. The molecule has 0 amide bonds. The van der Waals surface area contributed by atoms with Gasteiger partial charge in [0.05, 0.1) is 18.9 Å². The van der Waals surface area contributed by atoms with Gasteiger partial charge in [-0.1, -0.05) is 12.1 Å². The van der Waals surface area contributed by atoms with Crippen LogP contribution in [0.3, 0.4) is 0 Å². The summed E-state index contributed by atoms with van der Waals surface area (Å²) in [5, 5.41) is 6.92. The lowest BCUT2D eigenvalue weighted by Crippen LogP contribution is -2.31. The van der Waals surface area contributed by atoms with Gasteiger partial charge in [0, 0.05) is 18.9 Å². The molecule has 2 atom stereocenters. The van der Waals surface area contributed by atoms with E-state index < -0.39 is 0 Å². The normalized spacial score (nSPS) is 22.6. The molecule has 0 saturated carbocycles. The minimum absolute atomic E-state index is 0.0187. The first-order chi connectivity index (χ1) is 9.38. The fourth-order valence-corrected chi connectivity index (χ4v) is 2.21. The highest BCUT2D eigenvalue weighted by atomic mass is 16.6. The Morgan fingerprint density at radius 1 is 1.21 bits per heavy atom. The van der Waals surface area contributed by atoms with Gasteiger partial charge < -0.3 is 14.2 Å². The number of nitrogens with one attached hydrogen (secondary N) is 1. The number of aromatic amines is 1. The van der Waals surface area contributed by atoms with Crippen molar-refractivity contribution in [3.05, 3.63) is 36.5 Å². The monoisotopic (exact) mass is 260 g/mol. The molecule has 1 aliphatic rings. The Balaban J connectivity index is 1.85. The van der Waals surface area contributed by atoms with Crippen molar-refractivity contribution in [1.82, 2.24) is 10.2 Å². The summed E-state index contributed by atoms with van der Waals surface area (Å²) in [6.07, 6.45) is 1.63. The number of nitrogens with zero attached hydrogens (tertiary/aromatic N) is 1. The van der Waals surface area contributed by atoms with Gasteiger partial charge in [0.25, 0.3) is 0 Å². The van der Waals surface area contributed by atoms with Crippen LogP contribution in [0.1, 0.15) is 0 Å². The number of hydrogen-bond donors (Lipinski definition) is 1. The fourth-order valence-electron chi connectivity index (χ4n) is 2.21. The molecule has 100 valence electrons. The van der Waals surface area contributed by atoms with E-state index in [0.717, 1.165) is 17.0 Å². The van der Waals surface area contributed by atoms with Crippen molar-refractivity contribution < 1.29 is 14.2 Å². The fraction of sp³-hybridized carbons (Fsp3) is 0.357. The van der Waals surface area contributed by atoms with Crippen molar-refractivity contribution in [2.45, 2.75) is 12.2 Å². The predicted molar refractivity (Wildman–Crippen MR) is 70.1 cm³/mol. The van der Waals surface area contributed by atoms with E-state index in [4.69, 9.17) is 14.2 Å². The van der Waals surface area contributed by atoms with Gasteiger partial charge in [-0.05, 0) is 18.2 Å². The van der Waals surface area contributed by atoms with Gasteiger partial charge in [0.15, 0.2) is 6.10 Å². The number of para-hydroxylation sites is 1. The Morgan fingerprint density at radius 3 is 2.84 bits per heavy atom. The number of hydrogen-bond acceptors (Lipinski definition) is 4. The van der Waals surface area contributed by atoms with Crippen LogP contribution in [0, 0.1) is 0 Å². The molecule has 2 aromatic rings. The Hall–Kier alpha value is -1.85. The van der Waals surface area contributed by atoms with Crippen LogP contribution >= 0.6 is 0 Å². The lowest BCUT2D eigenvalue weighted by atomic mass is 10.1. The van der Waals surface area contributed by atoms with Gasteiger partial charge >= 0.3 is 0 Å². The van der Waals surface area contributed by atoms with Crippen molar-refractivity contribution >= 4 is 0 Å². The van der Waals surface area contributed by atoms with Crippen LogP contribution in [0.15, 0.2) is 36.5 Å². The van der Waals surface area contributed by atoms with Crippen LogP contribution in [0.5, 0.6) is 5.75 Å². The highest BCUT2D eigenvalue weighted by Crippen LogP contribution is 2.30. The maximum Gasteiger partial charge on any atom is 0.150 e. The number of H-pyrrole nitrogens is 1. The van der Waals surface area contributed by atoms with Crippen LogP contribution in [0.25, 0.3) is 11.3 Å². The Kier molecular flexibility index (Phi) is 3.48. The summed E-state index contributed by atoms with van der Waals surface area (Å²) in [5.41, 5.74) is 1.92. The maximum atomic E-state index is 6.04. The van der Waals surface area contributed by atoms with Crippen LogP contribution in [0.4, 0.5) is 0 Å². The molecule has 0 radical (unpaired) electrons. The third-order valence-electron chi connectivity index (χ3n) is 3.24. The molecule has 1 fully saturated rings. The number of ether oxygens (including phenoxy) is 3. The Labute approximate surface area is 111 Å². The largest absolute Gasteiger partial charge is 0.484 e. The van der Waals surface area contributed by atoms with E-state index in [0.29, 0.717) is 13.2 Å². The van der Waals surface area contributed by atoms with Gasteiger partial charge in [0.1, 0.15) is 11.9 Å². The summed E-state index contributed by atoms with van der Waals surface area (Å²) in [7, 11) is 1.68. The zero-order chi connectivity index (χ0) is 13.1. The highest BCUT2D eigenvalue weighted by molar-refractivity contribution is 5.66. The lowest BCUT2D eigenvalue weighted by molar-refractivity contribution is 0.0328. The molecule has 1 aliphatic heterocycles. The van der Waals surface area contributed by atoms with E-state index in [1.165, 1.54) is 0 Å². The molecule has 0 aliphatic carbocycles. The maximum absolute atomic E-state index is 6.04. The van der Waals surface area contributed by atoms with Crippen LogP contribution in [-0.2, 0) is 9.47 Å². The second kappa shape index (κ2) is 5.42. The van der Waals surface area contributed by atoms with E-state index in [9.17, 15) is 0 Å². The second-order valence-corrected chi connectivity index (χ2v) is 4.43. The topological polar surface area (TPSA) is 56.4 Å². The molecular formula is C14H16N2O3. The second-order valence-electron chi connectivity index (χ2n) is 4.43. The zero-order valence-electron chi connectivity index (χ0n) is 10.7. The smallest absolute Gasteiger partial charge is 0.150 e. The molecule has 0 spiro atoms. The minimum atomic E-state index is -0.0749. The molecule has 2 heterocycles. The summed E-state index contributed by atoms with van der Waals surface area (Å²) in [5.74, 6) is 0.810. The molecule has 5 nitrogen and oxygen atoms in total. The molecule has 0 bridgehead atoms. The van der Waals surface area contributed by atoms with E-state index in [1.54, 1.807) is 13.3 Å². The van der Waals surface area contributed by atoms with Gasteiger partial charge in [-0.2, -0.15) is 5.10 Å². The number of rotatable bonds is 4. The van der Waals surface area contributed by atoms with Gasteiger partial charge in [-0.3, -0.25) is 5.10 Å². The third-order valence-corrected chi connectivity index (χ3v) is 3.24. The van der Waals surface area contributed by atoms with Gasteiger partial charge in [-0.15, -0.1) is 0 Å². The molecule has 1 unspecified atom stereocenters. The van der Waals surface area contributed by atoms with Crippen molar-refractivity contribution in [1.29, 1.82) is 0 Å². The zero-order valence-corrected chi connectivity index (χ0v) is 10.7. The van der Waals surface area contributed by atoms with Crippen LogP contribution < -0.4 is 4.74 Å². The number of benzene rings is 1. The molecule has 3 rings (SSSR count). The minimum Gasteiger partial charge on any atom is -0.484 e. The predicted octanol–water partition coefficient (Wildman–Crippen LogP) is 1.87. The Morgan fingerprint density at radius 2 is 2.05 bits per heavy atom. The first kappa shape index (κ1) is 12.2. The van der Waals surface area contributed by atoms with Crippen molar-refractivity contribution in [2.75, 3.05) is 20.3 Å². The van der Waals surface area contributed by atoms with Crippen molar-refractivity contribution in [3.63, 3.8) is 0 Å². The summed E-state index contributed by atoms with van der Waals surface area (Å²) in [4.78, 5) is 0. The van der Waals surface area contributed by atoms with E-state index in [1.807, 2.05) is 30.3 Å². The average Bonchev–Trinajstić information content (AvgIpc) is 3.10. The molecule has 19 heavy (non-hydrogen) atoms. The van der Waals surface area contributed by atoms with Crippen molar-refractivity contribution in [2.24, 2.45) is 0 Å². The highest BCUT2D eigenvalue weighted by Gasteiger charge is 2.30. The van der Waals surface area contributed by atoms with E-state index >= 15 is 0 Å². The average molecular weight is 260 g/mol. The number of methoxy groups -OCH3 is 1. The number of aromatic nitrogens is 2. The van der Waals surface area contributed by atoms with E-state index in [2.05, 4.69) is 10.2 Å². The molecule has 1 saturated heterocycles. The summed E-state index contributed by atoms with van der Waals surface area (Å²) >= 11 is 0. The van der Waals surface area contributed by atoms with Gasteiger partial charge in [0.2, 0.25) is 0 Å². The quantitative estimate of drug-likeness (QED) is 0.911. The first-order valence-corrected chi connectivity index (χ1v) is 6.24. The SMILES string of the molecule is COC1COC[C@H]1Oc1ccccc1-c1ccn[nH]1. The molecular weight excluding hydrogens is 244 g/mol. The Bertz CT molecular complexity index is 527. The van der Waals surface area contributed by atoms with Crippen molar-refractivity contribution in [3.8, 4) is 17.0 Å². The lowest BCUT2D eigenvalue weighted by Gasteiger charge is -2.19. The standard InChI is InChI=1S/C14H16N2O3/c1-17-13-8-18-9-14(13)19-12-5-3-2-4-10(12)11-6-7-15-16-11/h2-7,13-14H,8-9H2,1H3,(H,15,16)/t13?,14-/m1/s1. The van der Waals surface area contributed by atoms with Crippen LogP contribution in [0.2, 0.25) is 0 Å². The molecule has 1 aromatic heterocycles.